The van der Waals surface area contributed by atoms with E-state index in [2.05, 4.69) is 0 Å². The Kier molecular flexibility index (Phi) is 4.57. The second kappa shape index (κ2) is 6.64. The Morgan fingerprint density at radius 1 is 1.16 bits per heavy atom. The van der Waals surface area contributed by atoms with Gasteiger partial charge in [0.1, 0.15) is 22.8 Å². The lowest BCUT2D eigenvalue weighted by molar-refractivity contribution is -0.151. The van der Waals surface area contributed by atoms with Crippen molar-refractivity contribution in [2.24, 2.45) is 17.6 Å². The van der Waals surface area contributed by atoms with Crippen LogP contribution < -0.4 is 5.73 Å². The van der Waals surface area contributed by atoms with Crippen LogP contribution in [0.1, 0.15) is 29.3 Å². The van der Waals surface area contributed by atoms with Gasteiger partial charge in [-0.25, -0.2) is 0 Å². The smallest absolute Gasteiger partial charge is 0.255 e. The molecular weight excluding hydrogens is 420 g/mol. The number of aliphatic hydroxyl groups excluding tert-OH is 2. The van der Waals surface area contributed by atoms with E-state index in [-0.39, 0.29) is 17.5 Å². The van der Waals surface area contributed by atoms with Crippen molar-refractivity contribution in [3.05, 3.63) is 52.0 Å². The highest BCUT2D eigenvalue weighted by Crippen LogP contribution is 2.56. The summed E-state index contributed by atoms with van der Waals surface area (Å²) in [5.74, 6) is -7.89. The zero-order chi connectivity index (χ0) is 23.9. The number of Topliss-reactive ketones (excluding diaryl/α,β-unsaturated/α-hetero) is 2. The van der Waals surface area contributed by atoms with Gasteiger partial charge in [0.05, 0.1) is 17.2 Å². The summed E-state index contributed by atoms with van der Waals surface area (Å²) in [5.41, 5.74) is -0.654. The van der Waals surface area contributed by atoms with Crippen LogP contribution in [0.2, 0.25) is 0 Å². The minimum atomic E-state index is -2.75. The van der Waals surface area contributed by atoms with Crippen LogP contribution in [0.3, 0.4) is 0 Å². The number of carbonyl (C=O) groups excluding carboxylic acids is 3. The zero-order valence-corrected chi connectivity index (χ0v) is 17.7. The first kappa shape index (κ1) is 22.0. The number of aliphatic hydroxyl groups is 4. The van der Waals surface area contributed by atoms with Crippen LogP contribution >= 0.6 is 0 Å². The number of benzene rings is 1. The van der Waals surface area contributed by atoms with Gasteiger partial charge in [-0.3, -0.25) is 19.3 Å². The number of phenolic OH excluding ortho intramolecular Hbond substituents is 1. The molecule has 1 aromatic rings. The highest BCUT2D eigenvalue weighted by atomic mass is 16.3. The average Bonchev–Trinajstić information content (AvgIpc) is 2.68. The molecule has 0 heterocycles. The third-order valence-corrected chi connectivity index (χ3v) is 7.02. The van der Waals surface area contributed by atoms with Crippen LogP contribution in [0.25, 0.3) is 0 Å². The molecule has 1 aromatic carbocycles. The van der Waals surface area contributed by atoms with Crippen LogP contribution in [-0.4, -0.2) is 73.6 Å². The van der Waals surface area contributed by atoms with Gasteiger partial charge in [-0.15, -0.1) is 0 Å². The maximum absolute atomic E-state index is 13.3. The van der Waals surface area contributed by atoms with E-state index >= 15 is 0 Å². The second-order valence-corrected chi connectivity index (χ2v) is 8.96. The predicted molar refractivity (Wildman–Crippen MR) is 110 cm³/mol. The van der Waals surface area contributed by atoms with Crippen molar-refractivity contribution in [1.82, 2.24) is 4.90 Å². The molecule has 170 valence electrons. The fourth-order valence-electron chi connectivity index (χ4n) is 5.51. The Morgan fingerprint density at radius 2 is 1.78 bits per heavy atom. The number of aromatic hydroxyl groups is 1. The first-order valence-electron chi connectivity index (χ1n) is 9.97. The Balaban J connectivity index is 2.05. The predicted octanol–water partition coefficient (Wildman–Crippen LogP) is -0.214. The summed E-state index contributed by atoms with van der Waals surface area (Å²) in [4.78, 5) is 39.9. The number of nitrogens with zero attached hydrogens (tertiary/aromatic N) is 1. The molecule has 0 aliphatic heterocycles. The van der Waals surface area contributed by atoms with Crippen molar-refractivity contribution in [2.75, 3.05) is 14.1 Å². The number of fused-ring (bicyclic) bond motifs is 3. The molecule has 10 nitrogen and oxygen atoms in total. The largest absolute Gasteiger partial charge is 0.510 e. The zero-order valence-electron chi connectivity index (χ0n) is 17.7. The highest BCUT2D eigenvalue weighted by molar-refractivity contribution is 6.24. The second-order valence-electron chi connectivity index (χ2n) is 8.96. The number of hydrogen-bond donors (Lipinski definition) is 6. The third-order valence-electron chi connectivity index (χ3n) is 7.02. The van der Waals surface area contributed by atoms with Crippen LogP contribution in [0.4, 0.5) is 0 Å². The molecule has 0 spiro atoms. The van der Waals surface area contributed by atoms with E-state index in [9.17, 15) is 39.9 Å². The van der Waals surface area contributed by atoms with Gasteiger partial charge in [0, 0.05) is 17.4 Å². The number of amides is 1. The molecule has 0 radical (unpaired) electrons. The average molecular weight is 444 g/mol. The molecule has 4 rings (SSSR count). The first-order valence-corrected chi connectivity index (χ1v) is 9.97. The van der Waals surface area contributed by atoms with Gasteiger partial charge >= 0.3 is 0 Å². The summed E-state index contributed by atoms with van der Waals surface area (Å²) in [5, 5.41) is 55.0. The Labute approximate surface area is 182 Å². The molecule has 7 N–H and O–H groups in total. The summed E-state index contributed by atoms with van der Waals surface area (Å²) in [6, 6.07) is 3.05. The highest BCUT2D eigenvalue weighted by Gasteiger charge is 2.65. The Bertz CT molecular complexity index is 1150. The molecule has 0 unspecified atom stereocenters. The molecule has 0 saturated heterocycles. The van der Waals surface area contributed by atoms with Gasteiger partial charge in [0.25, 0.3) is 5.91 Å². The Morgan fingerprint density at radius 3 is 2.34 bits per heavy atom. The van der Waals surface area contributed by atoms with Gasteiger partial charge in [0.2, 0.25) is 5.78 Å². The number of nitrogens with two attached hydrogens (primary N) is 1. The lowest BCUT2D eigenvalue weighted by Gasteiger charge is -2.52. The summed E-state index contributed by atoms with van der Waals surface area (Å²) < 4.78 is 0. The fraction of sp³-hybridized carbons (Fsp3) is 0.409. The van der Waals surface area contributed by atoms with E-state index in [1.165, 1.54) is 44.1 Å². The van der Waals surface area contributed by atoms with Gasteiger partial charge < -0.3 is 31.3 Å². The van der Waals surface area contributed by atoms with Gasteiger partial charge in [-0.2, -0.15) is 0 Å². The maximum atomic E-state index is 13.3. The SMILES string of the molecule is CN(C)[C@H]1C(O)=C(C(N)=O)C(=O)[C@@]2(O)C(O)=C3C(=O)c4c(O)cccc4[C@@](C)(O)[C@H]3C[C@@H]12. The van der Waals surface area contributed by atoms with E-state index in [0.717, 1.165) is 0 Å². The van der Waals surface area contributed by atoms with Crippen molar-refractivity contribution in [3.63, 3.8) is 0 Å². The van der Waals surface area contributed by atoms with Crippen LogP contribution in [0.5, 0.6) is 5.75 Å². The summed E-state index contributed by atoms with van der Waals surface area (Å²) in [6.45, 7) is 1.40. The van der Waals surface area contributed by atoms with Gasteiger partial charge in [-0.05, 0) is 39.1 Å². The number of carbonyl (C=O) groups is 3. The molecule has 3 aliphatic carbocycles. The molecule has 0 fully saturated rings. The number of phenols is 1. The lowest BCUT2D eigenvalue weighted by Crippen LogP contribution is -2.65. The molecule has 0 bridgehead atoms. The van der Waals surface area contributed by atoms with E-state index in [0.29, 0.717) is 0 Å². The number of likely N-dealkylation sites (N-methyl/N-ethyl adjacent to an activating group) is 1. The van der Waals surface area contributed by atoms with Gasteiger partial charge in [-0.1, -0.05) is 12.1 Å². The van der Waals surface area contributed by atoms with Crippen molar-refractivity contribution < 1.29 is 39.9 Å². The molecule has 1 amide bonds. The van der Waals surface area contributed by atoms with Crippen molar-refractivity contribution in [2.45, 2.75) is 30.6 Å². The number of hydrogen-bond acceptors (Lipinski definition) is 9. The molecule has 10 heteroatoms. The maximum Gasteiger partial charge on any atom is 0.255 e. The molecule has 0 aromatic heterocycles. The normalized spacial score (nSPS) is 34.4. The summed E-state index contributed by atoms with van der Waals surface area (Å²) in [6.07, 6.45) is -0.200. The van der Waals surface area contributed by atoms with Crippen molar-refractivity contribution in [1.29, 1.82) is 0 Å². The van der Waals surface area contributed by atoms with E-state index in [4.69, 9.17) is 5.73 Å². The van der Waals surface area contributed by atoms with Crippen molar-refractivity contribution in [3.8, 4) is 5.75 Å². The van der Waals surface area contributed by atoms with Gasteiger partial charge in [0.15, 0.2) is 11.4 Å². The van der Waals surface area contributed by atoms with E-state index in [1.54, 1.807) is 0 Å². The summed E-state index contributed by atoms with van der Waals surface area (Å²) >= 11 is 0. The third kappa shape index (κ3) is 2.48. The van der Waals surface area contributed by atoms with Crippen molar-refractivity contribution >= 4 is 17.5 Å². The fourth-order valence-corrected chi connectivity index (χ4v) is 5.51. The molecule has 5 atom stereocenters. The van der Waals surface area contributed by atoms with E-state index < -0.39 is 75.0 Å². The number of primary amides is 1. The van der Waals surface area contributed by atoms with Crippen LogP contribution in [0, 0.1) is 11.8 Å². The lowest BCUT2D eigenvalue weighted by atomic mass is 9.55. The minimum absolute atomic E-state index is 0.135. The molecule has 32 heavy (non-hydrogen) atoms. The quantitative estimate of drug-likeness (QED) is 0.336. The molecular formula is C22H24N2O8. The van der Waals surface area contributed by atoms with E-state index in [1.807, 2.05) is 0 Å². The van der Waals surface area contributed by atoms with Crippen LogP contribution in [-0.2, 0) is 15.2 Å². The molecule has 0 saturated carbocycles. The number of rotatable bonds is 2. The first-order chi connectivity index (χ1) is 14.8. The van der Waals surface area contributed by atoms with Crippen LogP contribution in [0.15, 0.2) is 40.9 Å². The standard InChI is InChI=1S/C22H24N2O8/c1-21(31)8-5-4-6-11(25)12(8)16(26)13-9(21)7-10-15(24(2)3)17(27)14(20(23)30)19(29)22(10,32)18(13)28/h4-6,9-10,15,25,27-28,31-32H,7H2,1-3H3,(H2,23,30)/t9-,10-,15+,21+,22-/m0/s1. The summed E-state index contributed by atoms with van der Waals surface area (Å²) in [7, 11) is 3.06. The number of ketones is 2. The monoisotopic (exact) mass is 444 g/mol. The topological polar surface area (TPSA) is 182 Å². The minimum Gasteiger partial charge on any atom is -0.510 e. The Hall–Kier alpha value is -3.21. The molecule has 3 aliphatic rings.